The molecule has 1 aromatic heterocycles. The fourth-order valence-electron chi connectivity index (χ4n) is 1.99. The van der Waals surface area contributed by atoms with Crippen molar-refractivity contribution in [2.24, 2.45) is 7.05 Å². The highest BCUT2D eigenvalue weighted by Gasteiger charge is 2.14. The molecule has 4 nitrogen and oxygen atoms in total. The van der Waals surface area contributed by atoms with Gasteiger partial charge in [0.25, 0.3) is 0 Å². The number of aromatic nitrogens is 2. The molecule has 2 rings (SSSR count). The molecule has 0 atom stereocenters. The molecule has 0 saturated heterocycles. The molecule has 2 aromatic rings. The number of benzene rings is 1. The first-order valence-corrected chi connectivity index (χ1v) is 6.52. The second-order valence-corrected chi connectivity index (χ2v) is 4.88. The van der Waals surface area contributed by atoms with E-state index in [1.165, 1.54) is 0 Å². The maximum absolute atomic E-state index is 6.22. The van der Waals surface area contributed by atoms with Crippen LogP contribution in [0.3, 0.4) is 0 Å². The van der Waals surface area contributed by atoms with Gasteiger partial charge in [-0.1, -0.05) is 17.7 Å². The van der Waals surface area contributed by atoms with Gasteiger partial charge in [0.2, 0.25) is 0 Å². The highest BCUT2D eigenvalue weighted by Crippen LogP contribution is 2.33. The molecule has 19 heavy (non-hydrogen) atoms. The third-order valence-corrected chi connectivity index (χ3v) is 3.44. The van der Waals surface area contributed by atoms with Crippen LogP contribution in [0.15, 0.2) is 18.2 Å². The second kappa shape index (κ2) is 5.63. The van der Waals surface area contributed by atoms with Crippen molar-refractivity contribution in [1.29, 1.82) is 0 Å². The van der Waals surface area contributed by atoms with Gasteiger partial charge in [0.1, 0.15) is 11.4 Å². The number of ether oxygens (including phenoxy) is 1. The first-order chi connectivity index (χ1) is 9.04. The molecule has 0 spiro atoms. The van der Waals surface area contributed by atoms with Crippen LogP contribution in [-0.2, 0) is 13.6 Å². The molecule has 0 saturated carbocycles. The van der Waals surface area contributed by atoms with E-state index in [1.807, 2.05) is 50.8 Å². The fourth-order valence-corrected chi connectivity index (χ4v) is 2.23. The Morgan fingerprint density at radius 2 is 2.11 bits per heavy atom. The summed E-state index contributed by atoms with van der Waals surface area (Å²) >= 11 is 6.22. The molecule has 0 unspecified atom stereocenters. The van der Waals surface area contributed by atoms with Crippen LogP contribution in [0.1, 0.15) is 17.0 Å². The Morgan fingerprint density at radius 1 is 1.37 bits per heavy atom. The summed E-state index contributed by atoms with van der Waals surface area (Å²) in [6.45, 7) is 4.58. The first-order valence-electron chi connectivity index (χ1n) is 6.14. The average Bonchev–Trinajstić information content (AvgIpc) is 2.60. The van der Waals surface area contributed by atoms with Crippen molar-refractivity contribution in [2.75, 3.05) is 7.05 Å². The lowest BCUT2D eigenvalue weighted by molar-refractivity contribution is 0.466. The molecule has 1 aromatic carbocycles. The molecular weight excluding hydrogens is 262 g/mol. The van der Waals surface area contributed by atoms with Gasteiger partial charge >= 0.3 is 0 Å². The maximum atomic E-state index is 6.22. The highest BCUT2D eigenvalue weighted by molar-refractivity contribution is 6.31. The molecule has 1 heterocycles. The van der Waals surface area contributed by atoms with Gasteiger partial charge in [-0.3, -0.25) is 4.68 Å². The van der Waals surface area contributed by atoms with Crippen LogP contribution in [0.2, 0.25) is 5.02 Å². The molecule has 0 fully saturated rings. The van der Waals surface area contributed by atoms with E-state index >= 15 is 0 Å². The summed E-state index contributed by atoms with van der Waals surface area (Å²) in [5.74, 6) is 1.56. The summed E-state index contributed by atoms with van der Waals surface area (Å²) in [7, 11) is 3.79. The van der Waals surface area contributed by atoms with Gasteiger partial charge in [0, 0.05) is 24.2 Å². The Hall–Kier alpha value is -1.52. The zero-order valence-corrected chi connectivity index (χ0v) is 12.4. The van der Waals surface area contributed by atoms with Crippen LogP contribution in [0.5, 0.6) is 11.5 Å². The normalized spacial score (nSPS) is 10.8. The lowest BCUT2D eigenvalue weighted by atomic mass is 10.2. The van der Waals surface area contributed by atoms with E-state index in [0.29, 0.717) is 11.6 Å². The standard InChI is InChI=1S/C14H18ClN3O/c1-9-14(10(2)18(4)17-9)19-13-7-5-6-12(15)11(13)8-16-3/h5-7,16H,8H2,1-4H3. The molecule has 1 N–H and O–H groups in total. The zero-order chi connectivity index (χ0) is 14.0. The molecule has 0 radical (unpaired) electrons. The molecule has 5 heteroatoms. The topological polar surface area (TPSA) is 39.1 Å². The van der Waals surface area contributed by atoms with Crippen LogP contribution in [0.25, 0.3) is 0 Å². The van der Waals surface area contributed by atoms with Gasteiger partial charge in [-0.2, -0.15) is 5.10 Å². The zero-order valence-electron chi connectivity index (χ0n) is 11.6. The lowest BCUT2D eigenvalue weighted by Crippen LogP contribution is -2.07. The van der Waals surface area contributed by atoms with E-state index < -0.39 is 0 Å². The van der Waals surface area contributed by atoms with E-state index in [4.69, 9.17) is 16.3 Å². The number of hydrogen-bond donors (Lipinski definition) is 1. The van der Waals surface area contributed by atoms with Crippen LogP contribution < -0.4 is 10.1 Å². The van der Waals surface area contributed by atoms with Gasteiger partial charge in [-0.15, -0.1) is 0 Å². The quantitative estimate of drug-likeness (QED) is 0.934. The van der Waals surface area contributed by atoms with Crippen molar-refractivity contribution in [3.8, 4) is 11.5 Å². The SMILES string of the molecule is CNCc1c(Cl)cccc1Oc1c(C)nn(C)c1C. The highest BCUT2D eigenvalue weighted by atomic mass is 35.5. The largest absolute Gasteiger partial charge is 0.453 e. The predicted octanol–water partition coefficient (Wildman–Crippen LogP) is 3.20. The minimum atomic E-state index is 0.660. The summed E-state index contributed by atoms with van der Waals surface area (Å²) in [4.78, 5) is 0. The molecule has 102 valence electrons. The second-order valence-electron chi connectivity index (χ2n) is 4.47. The van der Waals surface area contributed by atoms with E-state index in [1.54, 1.807) is 0 Å². The number of nitrogens with zero attached hydrogens (tertiary/aromatic N) is 2. The van der Waals surface area contributed by atoms with Crippen molar-refractivity contribution in [1.82, 2.24) is 15.1 Å². The van der Waals surface area contributed by atoms with Gasteiger partial charge in [0.05, 0.1) is 5.69 Å². The fraction of sp³-hybridized carbons (Fsp3) is 0.357. The minimum absolute atomic E-state index is 0.660. The Kier molecular flexibility index (Phi) is 4.12. The van der Waals surface area contributed by atoms with Gasteiger partial charge in [-0.05, 0) is 33.0 Å². The molecule has 0 aliphatic heterocycles. The van der Waals surface area contributed by atoms with Gasteiger partial charge in [0.15, 0.2) is 5.75 Å². The van der Waals surface area contributed by atoms with Crippen molar-refractivity contribution >= 4 is 11.6 Å². The predicted molar refractivity (Wildman–Crippen MR) is 77.0 cm³/mol. The Bertz CT molecular complexity index is 593. The number of hydrogen-bond acceptors (Lipinski definition) is 3. The number of aryl methyl sites for hydroxylation is 2. The van der Waals surface area contributed by atoms with Crippen molar-refractivity contribution in [2.45, 2.75) is 20.4 Å². The van der Waals surface area contributed by atoms with E-state index in [-0.39, 0.29) is 0 Å². The van der Waals surface area contributed by atoms with E-state index in [2.05, 4.69) is 10.4 Å². The Balaban J connectivity index is 2.40. The maximum Gasteiger partial charge on any atom is 0.171 e. The van der Waals surface area contributed by atoms with Gasteiger partial charge < -0.3 is 10.1 Å². The average molecular weight is 280 g/mol. The van der Waals surface area contributed by atoms with Crippen molar-refractivity contribution in [3.05, 3.63) is 40.2 Å². The van der Waals surface area contributed by atoms with Crippen LogP contribution in [0.4, 0.5) is 0 Å². The number of halogens is 1. The summed E-state index contributed by atoms with van der Waals surface area (Å²) in [5, 5.41) is 8.15. The Labute approximate surface area is 118 Å². The molecule has 0 aliphatic rings. The first kappa shape index (κ1) is 13.9. The molecular formula is C14H18ClN3O. The number of nitrogens with one attached hydrogen (secondary N) is 1. The smallest absolute Gasteiger partial charge is 0.171 e. The van der Waals surface area contributed by atoms with E-state index in [0.717, 1.165) is 28.5 Å². The van der Waals surface area contributed by atoms with Crippen molar-refractivity contribution < 1.29 is 4.74 Å². The van der Waals surface area contributed by atoms with Crippen LogP contribution >= 0.6 is 11.6 Å². The van der Waals surface area contributed by atoms with Crippen LogP contribution in [0, 0.1) is 13.8 Å². The van der Waals surface area contributed by atoms with Crippen LogP contribution in [-0.4, -0.2) is 16.8 Å². The summed E-state index contributed by atoms with van der Waals surface area (Å²) < 4.78 is 7.83. The van der Waals surface area contributed by atoms with Crippen molar-refractivity contribution in [3.63, 3.8) is 0 Å². The molecule has 0 amide bonds. The van der Waals surface area contributed by atoms with Gasteiger partial charge in [-0.25, -0.2) is 0 Å². The Morgan fingerprint density at radius 3 is 2.68 bits per heavy atom. The number of rotatable bonds is 4. The summed E-state index contributed by atoms with van der Waals surface area (Å²) in [6, 6.07) is 5.67. The van der Waals surface area contributed by atoms with E-state index in [9.17, 15) is 0 Å². The third kappa shape index (κ3) is 2.74. The summed E-state index contributed by atoms with van der Waals surface area (Å²) in [6.07, 6.45) is 0. The lowest BCUT2D eigenvalue weighted by Gasteiger charge is -2.12. The molecule has 0 aliphatic carbocycles. The molecule has 0 bridgehead atoms. The third-order valence-electron chi connectivity index (χ3n) is 3.08. The minimum Gasteiger partial charge on any atom is -0.453 e. The monoisotopic (exact) mass is 279 g/mol. The summed E-state index contributed by atoms with van der Waals surface area (Å²) in [5.41, 5.74) is 2.82.